The first-order chi connectivity index (χ1) is 7.06. The van der Waals surface area contributed by atoms with Crippen molar-refractivity contribution in [3.63, 3.8) is 0 Å². The zero-order chi connectivity index (χ0) is 11.4. The zero-order valence-electron chi connectivity index (χ0n) is 8.58. The number of halogens is 2. The Morgan fingerprint density at radius 1 is 1.53 bits per heavy atom. The minimum absolute atomic E-state index is 0.364. The molecule has 0 aliphatic rings. The third-order valence-electron chi connectivity index (χ3n) is 2.32. The van der Waals surface area contributed by atoms with Crippen molar-refractivity contribution in [2.45, 2.75) is 31.9 Å². The monoisotopic (exact) mass is 291 g/mol. The smallest absolute Gasteiger partial charge is 0.0733 e. The number of hydrogen-bond acceptors (Lipinski definition) is 2. The quantitative estimate of drug-likeness (QED) is 0.895. The van der Waals surface area contributed by atoms with Gasteiger partial charge in [0, 0.05) is 9.50 Å². The van der Waals surface area contributed by atoms with Crippen LogP contribution in [0.3, 0.4) is 0 Å². The normalized spacial score (nSPS) is 15.0. The molecule has 15 heavy (non-hydrogen) atoms. The van der Waals surface area contributed by atoms with Crippen LogP contribution in [0.5, 0.6) is 0 Å². The van der Waals surface area contributed by atoms with Gasteiger partial charge in [-0.2, -0.15) is 0 Å². The number of aliphatic hydroxyl groups excluding tert-OH is 1. The van der Waals surface area contributed by atoms with Crippen molar-refractivity contribution in [3.05, 3.63) is 33.3 Å². The summed E-state index contributed by atoms with van der Waals surface area (Å²) in [7, 11) is 0. The molecule has 0 fully saturated rings. The highest BCUT2D eigenvalue weighted by molar-refractivity contribution is 9.10. The van der Waals surface area contributed by atoms with Crippen LogP contribution in [0.4, 0.5) is 0 Å². The van der Waals surface area contributed by atoms with Gasteiger partial charge in [0.2, 0.25) is 0 Å². The summed E-state index contributed by atoms with van der Waals surface area (Å²) in [6.07, 6.45) is 1.11. The van der Waals surface area contributed by atoms with Gasteiger partial charge in [-0.1, -0.05) is 46.9 Å². The second-order valence-electron chi connectivity index (χ2n) is 3.55. The van der Waals surface area contributed by atoms with Crippen molar-refractivity contribution in [3.8, 4) is 0 Å². The van der Waals surface area contributed by atoms with Gasteiger partial charge in [0.25, 0.3) is 0 Å². The Bertz CT molecular complexity index is 332. The zero-order valence-corrected chi connectivity index (χ0v) is 10.9. The Morgan fingerprint density at radius 2 is 2.20 bits per heavy atom. The fraction of sp³-hybridized carbons (Fsp3) is 0.455. The van der Waals surface area contributed by atoms with E-state index < -0.39 is 6.10 Å². The van der Waals surface area contributed by atoms with Crippen LogP contribution >= 0.6 is 27.5 Å². The minimum atomic E-state index is -0.507. The molecule has 4 heteroatoms. The van der Waals surface area contributed by atoms with Gasteiger partial charge in [0.15, 0.2) is 0 Å². The maximum Gasteiger partial charge on any atom is 0.0733 e. The van der Waals surface area contributed by atoms with Crippen LogP contribution in [0.15, 0.2) is 22.7 Å². The summed E-state index contributed by atoms with van der Waals surface area (Å²) in [4.78, 5) is 0. The van der Waals surface area contributed by atoms with E-state index in [1.807, 2.05) is 13.0 Å². The van der Waals surface area contributed by atoms with E-state index in [1.165, 1.54) is 0 Å². The van der Waals surface area contributed by atoms with Crippen LogP contribution in [0.1, 0.15) is 31.4 Å². The summed E-state index contributed by atoms with van der Waals surface area (Å²) < 4.78 is 0.845. The van der Waals surface area contributed by atoms with Crippen LogP contribution in [-0.4, -0.2) is 11.2 Å². The van der Waals surface area contributed by atoms with Crippen molar-refractivity contribution in [2.24, 2.45) is 5.73 Å². The standard InChI is InChI=1S/C11H15BrClNO/c1-2-3-10(15)11(14)8-5-4-7(13)6-9(8)12/h4-6,10-11,15H,2-3,14H2,1H3/t10-,11+/m0/s1. The Kier molecular flexibility index (Phi) is 5.06. The molecule has 2 atom stereocenters. The molecule has 0 amide bonds. The van der Waals surface area contributed by atoms with E-state index in [0.717, 1.165) is 16.5 Å². The van der Waals surface area contributed by atoms with Crippen molar-refractivity contribution in [1.82, 2.24) is 0 Å². The van der Waals surface area contributed by atoms with Crippen LogP contribution in [0.2, 0.25) is 5.02 Å². The molecule has 2 nitrogen and oxygen atoms in total. The van der Waals surface area contributed by atoms with Crippen molar-refractivity contribution in [1.29, 1.82) is 0 Å². The summed E-state index contributed by atoms with van der Waals surface area (Å²) in [5, 5.41) is 10.4. The number of nitrogens with two attached hydrogens (primary N) is 1. The molecule has 1 aromatic rings. The minimum Gasteiger partial charge on any atom is -0.391 e. The first-order valence-electron chi connectivity index (χ1n) is 4.94. The average Bonchev–Trinajstić information content (AvgIpc) is 2.17. The maximum atomic E-state index is 9.79. The molecule has 84 valence electrons. The third kappa shape index (κ3) is 3.45. The molecule has 1 aromatic carbocycles. The van der Waals surface area contributed by atoms with Gasteiger partial charge in [-0.05, 0) is 24.1 Å². The van der Waals surface area contributed by atoms with Crippen molar-refractivity contribution in [2.75, 3.05) is 0 Å². The predicted octanol–water partition coefficient (Wildman–Crippen LogP) is 3.26. The molecule has 0 aromatic heterocycles. The topological polar surface area (TPSA) is 46.2 Å². The Hall–Kier alpha value is -0.0900. The van der Waals surface area contributed by atoms with Crippen LogP contribution in [0, 0.1) is 0 Å². The molecule has 3 N–H and O–H groups in total. The highest BCUT2D eigenvalue weighted by Gasteiger charge is 2.18. The van der Waals surface area contributed by atoms with E-state index in [0.29, 0.717) is 11.4 Å². The van der Waals surface area contributed by atoms with Gasteiger partial charge < -0.3 is 10.8 Å². The van der Waals surface area contributed by atoms with Gasteiger partial charge in [-0.3, -0.25) is 0 Å². The molecule has 0 saturated heterocycles. The lowest BCUT2D eigenvalue weighted by Gasteiger charge is -2.19. The van der Waals surface area contributed by atoms with E-state index in [-0.39, 0.29) is 6.04 Å². The molecular weight excluding hydrogens is 277 g/mol. The molecule has 0 radical (unpaired) electrons. The van der Waals surface area contributed by atoms with Gasteiger partial charge in [0.05, 0.1) is 12.1 Å². The number of benzene rings is 1. The Labute approximate surface area is 104 Å². The van der Waals surface area contributed by atoms with E-state index in [4.69, 9.17) is 17.3 Å². The van der Waals surface area contributed by atoms with E-state index in [2.05, 4.69) is 15.9 Å². The van der Waals surface area contributed by atoms with Gasteiger partial charge in [-0.15, -0.1) is 0 Å². The van der Waals surface area contributed by atoms with Gasteiger partial charge in [-0.25, -0.2) is 0 Å². The van der Waals surface area contributed by atoms with Crippen molar-refractivity contribution >= 4 is 27.5 Å². The molecule has 0 unspecified atom stereocenters. The second-order valence-corrected chi connectivity index (χ2v) is 4.84. The van der Waals surface area contributed by atoms with Gasteiger partial charge in [0.1, 0.15) is 0 Å². The first kappa shape index (κ1) is 13.0. The summed E-state index contributed by atoms with van der Waals surface area (Å²) >= 11 is 9.22. The lowest BCUT2D eigenvalue weighted by Crippen LogP contribution is -2.26. The molecule has 1 rings (SSSR count). The first-order valence-corrected chi connectivity index (χ1v) is 6.12. The SMILES string of the molecule is CCC[C@H](O)[C@H](N)c1ccc(Cl)cc1Br. The maximum absolute atomic E-state index is 9.79. The highest BCUT2D eigenvalue weighted by atomic mass is 79.9. The van der Waals surface area contributed by atoms with E-state index in [9.17, 15) is 5.11 Å². The largest absolute Gasteiger partial charge is 0.391 e. The predicted molar refractivity (Wildman–Crippen MR) is 67.0 cm³/mol. The Balaban J connectivity index is 2.86. The summed E-state index contributed by atoms with van der Waals surface area (Å²) in [6, 6.07) is 5.04. The fourth-order valence-corrected chi connectivity index (χ4v) is 2.40. The number of rotatable bonds is 4. The number of aliphatic hydroxyl groups is 1. The third-order valence-corrected chi connectivity index (χ3v) is 3.24. The van der Waals surface area contributed by atoms with Crippen molar-refractivity contribution < 1.29 is 5.11 Å². The molecule has 0 heterocycles. The molecule has 0 aliphatic heterocycles. The van der Waals surface area contributed by atoms with E-state index >= 15 is 0 Å². The van der Waals surface area contributed by atoms with Gasteiger partial charge >= 0.3 is 0 Å². The summed E-state index contributed by atoms with van der Waals surface area (Å²) in [5.74, 6) is 0. The highest BCUT2D eigenvalue weighted by Crippen LogP contribution is 2.28. The van der Waals surface area contributed by atoms with Crippen LogP contribution in [-0.2, 0) is 0 Å². The molecule has 0 spiro atoms. The van der Waals surface area contributed by atoms with Crippen LogP contribution < -0.4 is 5.73 Å². The fourth-order valence-electron chi connectivity index (χ4n) is 1.45. The molecule has 0 bridgehead atoms. The second kappa shape index (κ2) is 5.85. The summed E-state index contributed by atoms with van der Waals surface area (Å²) in [6.45, 7) is 2.02. The lowest BCUT2D eigenvalue weighted by atomic mass is 9.99. The average molecular weight is 293 g/mol. The number of hydrogen-bond donors (Lipinski definition) is 2. The van der Waals surface area contributed by atoms with E-state index in [1.54, 1.807) is 12.1 Å². The molecule has 0 saturated carbocycles. The lowest BCUT2D eigenvalue weighted by molar-refractivity contribution is 0.134. The summed E-state index contributed by atoms with van der Waals surface area (Å²) in [5.41, 5.74) is 6.84. The van der Waals surface area contributed by atoms with Crippen LogP contribution in [0.25, 0.3) is 0 Å². The Morgan fingerprint density at radius 3 is 2.73 bits per heavy atom. The molecular formula is C11H15BrClNO. The molecule has 0 aliphatic carbocycles.